The standard InChI is InChI=1S/C13H11BrFNOS/c1-8(9-3-2-4-10(15)7-9)16-13(17)11-5-6-12(14)18-11/h2-8H,1H3,(H,16,17). The Balaban J connectivity index is 2.07. The van der Waals surface area contributed by atoms with E-state index < -0.39 is 0 Å². The smallest absolute Gasteiger partial charge is 0.261 e. The van der Waals surface area contributed by atoms with Crippen molar-refractivity contribution in [3.8, 4) is 0 Å². The van der Waals surface area contributed by atoms with Crippen molar-refractivity contribution in [2.45, 2.75) is 13.0 Å². The molecular weight excluding hydrogens is 317 g/mol. The van der Waals surface area contributed by atoms with Crippen LogP contribution in [-0.2, 0) is 0 Å². The van der Waals surface area contributed by atoms with Crippen LogP contribution in [-0.4, -0.2) is 5.91 Å². The van der Waals surface area contributed by atoms with Gasteiger partial charge < -0.3 is 5.32 Å². The number of nitrogens with one attached hydrogen (secondary N) is 1. The summed E-state index contributed by atoms with van der Waals surface area (Å²) in [5.41, 5.74) is 0.749. The van der Waals surface area contributed by atoms with E-state index in [4.69, 9.17) is 0 Å². The molecule has 0 bridgehead atoms. The van der Waals surface area contributed by atoms with Gasteiger partial charge in [-0.25, -0.2) is 4.39 Å². The zero-order valence-corrected chi connectivity index (χ0v) is 12.0. The van der Waals surface area contributed by atoms with Crippen molar-refractivity contribution in [3.63, 3.8) is 0 Å². The topological polar surface area (TPSA) is 29.1 Å². The number of rotatable bonds is 3. The van der Waals surface area contributed by atoms with Gasteiger partial charge in [-0.05, 0) is 52.7 Å². The number of amides is 1. The molecule has 0 aliphatic rings. The molecule has 0 fully saturated rings. The zero-order chi connectivity index (χ0) is 13.1. The van der Waals surface area contributed by atoms with Crippen LogP contribution < -0.4 is 5.32 Å². The lowest BCUT2D eigenvalue weighted by Gasteiger charge is -2.13. The number of carbonyl (C=O) groups is 1. The summed E-state index contributed by atoms with van der Waals surface area (Å²) in [6, 6.07) is 9.58. The van der Waals surface area contributed by atoms with Crippen LogP contribution in [0.25, 0.3) is 0 Å². The predicted molar refractivity (Wildman–Crippen MR) is 74.3 cm³/mol. The summed E-state index contributed by atoms with van der Waals surface area (Å²) in [5.74, 6) is -0.449. The fraction of sp³-hybridized carbons (Fsp3) is 0.154. The van der Waals surface area contributed by atoms with E-state index in [0.717, 1.165) is 9.35 Å². The van der Waals surface area contributed by atoms with Gasteiger partial charge in [0, 0.05) is 0 Å². The molecule has 1 unspecified atom stereocenters. The van der Waals surface area contributed by atoms with E-state index in [1.54, 1.807) is 18.2 Å². The summed E-state index contributed by atoms with van der Waals surface area (Å²) in [7, 11) is 0. The molecule has 0 aliphatic heterocycles. The number of benzene rings is 1. The van der Waals surface area contributed by atoms with Gasteiger partial charge >= 0.3 is 0 Å². The van der Waals surface area contributed by atoms with Crippen LogP contribution in [0.4, 0.5) is 4.39 Å². The fourth-order valence-electron chi connectivity index (χ4n) is 1.56. The molecule has 1 aromatic carbocycles. The van der Waals surface area contributed by atoms with Gasteiger partial charge in [0.05, 0.1) is 14.7 Å². The van der Waals surface area contributed by atoms with Crippen LogP contribution in [0, 0.1) is 5.82 Å². The third-order valence-electron chi connectivity index (χ3n) is 2.49. The van der Waals surface area contributed by atoms with Crippen LogP contribution in [0.2, 0.25) is 0 Å². The number of thiophene rings is 1. The second-order valence-electron chi connectivity index (χ2n) is 3.85. The molecule has 0 saturated carbocycles. The molecule has 2 nitrogen and oxygen atoms in total. The summed E-state index contributed by atoms with van der Waals surface area (Å²) in [6.07, 6.45) is 0. The van der Waals surface area contributed by atoms with Crippen molar-refractivity contribution >= 4 is 33.2 Å². The van der Waals surface area contributed by atoms with E-state index in [2.05, 4.69) is 21.2 Å². The van der Waals surface area contributed by atoms with Crippen molar-refractivity contribution in [3.05, 3.63) is 56.4 Å². The average Bonchev–Trinajstić information content (AvgIpc) is 2.76. The monoisotopic (exact) mass is 327 g/mol. The Bertz CT molecular complexity index is 570. The van der Waals surface area contributed by atoms with Crippen molar-refractivity contribution < 1.29 is 9.18 Å². The van der Waals surface area contributed by atoms with Gasteiger partial charge in [0.15, 0.2) is 0 Å². The quantitative estimate of drug-likeness (QED) is 0.901. The highest BCUT2D eigenvalue weighted by Crippen LogP contribution is 2.23. The van der Waals surface area contributed by atoms with E-state index in [0.29, 0.717) is 4.88 Å². The molecule has 18 heavy (non-hydrogen) atoms. The Kier molecular flexibility index (Phi) is 4.14. The first-order chi connectivity index (χ1) is 8.56. The molecule has 0 radical (unpaired) electrons. The fourth-order valence-corrected chi connectivity index (χ4v) is 2.85. The Labute approximate surface area is 117 Å². The van der Waals surface area contributed by atoms with Gasteiger partial charge in [-0.2, -0.15) is 0 Å². The lowest BCUT2D eigenvalue weighted by Crippen LogP contribution is -2.25. The minimum atomic E-state index is -0.299. The highest BCUT2D eigenvalue weighted by atomic mass is 79.9. The third-order valence-corrected chi connectivity index (χ3v) is 4.12. The molecule has 1 atom stereocenters. The number of halogens is 2. The van der Waals surface area contributed by atoms with E-state index in [9.17, 15) is 9.18 Å². The summed E-state index contributed by atoms with van der Waals surface area (Å²) >= 11 is 4.68. The van der Waals surface area contributed by atoms with Crippen molar-refractivity contribution in [2.24, 2.45) is 0 Å². The maximum Gasteiger partial charge on any atom is 0.261 e. The number of hydrogen-bond donors (Lipinski definition) is 1. The van der Waals surface area contributed by atoms with Gasteiger partial charge in [-0.1, -0.05) is 12.1 Å². The largest absolute Gasteiger partial charge is 0.345 e. The first-order valence-corrected chi connectivity index (χ1v) is 6.99. The van der Waals surface area contributed by atoms with Crippen molar-refractivity contribution in [1.82, 2.24) is 5.32 Å². The van der Waals surface area contributed by atoms with E-state index >= 15 is 0 Å². The molecule has 1 heterocycles. The summed E-state index contributed by atoms with van der Waals surface area (Å²) < 4.78 is 14.0. The summed E-state index contributed by atoms with van der Waals surface area (Å²) in [6.45, 7) is 1.83. The predicted octanol–water partition coefficient (Wildman–Crippen LogP) is 4.14. The van der Waals surface area contributed by atoms with Crippen LogP contribution in [0.5, 0.6) is 0 Å². The number of hydrogen-bond acceptors (Lipinski definition) is 2. The first-order valence-electron chi connectivity index (χ1n) is 5.38. The minimum absolute atomic E-state index is 0.150. The maximum absolute atomic E-state index is 13.1. The van der Waals surface area contributed by atoms with Crippen LogP contribution in [0.1, 0.15) is 28.2 Å². The third kappa shape index (κ3) is 3.17. The molecule has 5 heteroatoms. The number of carbonyl (C=O) groups excluding carboxylic acids is 1. The summed E-state index contributed by atoms with van der Waals surface area (Å²) in [4.78, 5) is 12.5. The van der Waals surface area contributed by atoms with Crippen molar-refractivity contribution in [1.29, 1.82) is 0 Å². The molecule has 0 aliphatic carbocycles. The molecule has 94 valence electrons. The van der Waals surface area contributed by atoms with E-state index in [-0.39, 0.29) is 17.8 Å². The molecular formula is C13H11BrFNOS. The van der Waals surface area contributed by atoms with Gasteiger partial charge in [-0.15, -0.1) is 11.3 Å². The highest BCUT2D eigenvalue weighted by Gasteiger charge is 2.13. The lowest BCUT2D eigenvalue weighted by atomic mass is 10.1. The van der Waals surface area contributed by atoms with Crippen LogP contribution >= 0.6 is 27.3 Å². The molecule has 2 aromatic rings. The zero-order valence-electron chi connectivity index (χ0n) is 9.61. The van der Waals surface area contributed by atoms with Crippen molar-refractivity contribution in [2.75, 3.05) is 0 Å². The summed E-state index contributed by atoms with van der Waals surface area (Å²) in [5, 5.41) is 2.84. The molecule has 2 rings (SSSR count). The van der Waals surface area contributed by atoms with Crippen LogP contribution in [0.15, 0.2) is 40.2 Å². The van der Waals surface area contributed by atoms with Gasteiger partial charge in [0.2, 0.25) is 0 Å². The molecule has 1 amide bonds. The highest BCUT2D eigenvalue weighted by molar-refractivity contribution is 9.11. The Morgan fingerprint density at radius 1 is 1.39 bits per heavy atom. The van der Waals surface area contributed by atoms with Crippen LogP contribution in [0.3, 0.4) is 0 Å². The molecule has 0 saturated heterocycles. The minimum Gasteiger partial charge on any atom is -0.345 e. The Hall–Kier alpha value is -1.20. The Morgan fingerprint density at radius 3 is 2.78 bits per heavy atom. The Morgan fingerprint density at radius 2 is 2.17 bits per heavy atom. The molecule has 1 aromatic heterocycles. The lowest BCUT2D eigenvalue weighted by molar-refractivity contribution is 0.0944. The SMILES string of the molecule is CC(NC(=O)c1ccc(Br)s1)c1cccc(F)c1. The van der Waals surface area contributed by atoms with Gasteiger partial charge in [0.1, 0.15) is 5.82 Å². The normalized spacial score (nSPS) is 12.2. The second kappa shape index (κ2) is 5.63. The first kappa shape index (κ1) is 13.2. The molecule has 0 spiro atoms. The maximum atomic E-state index is 13.1. The van der Waals surface area contributed by atoms with Gasteiger partial charge in [-0.3, -0.25) is 4.79 Å². The average molecular weight is 328 g/mol. The van der Waals surface area contributed by atoms with Gasteiger partial charge in [0.25, 0.3) is 5.91 Å². The van der Waals surface area contributed by atoms with E-state index in [1.807, 2.05) is 13.0 Å². The molecule has 1 N–H and O–H groups in total. The second-order valence-corrected chi connectivity index (χ2v) is 6.32. The van der Waals surface area contributed by atoms with E-state index in [1.165, 1.54) is 23.5 Å².